The normalized spacial score (nSPS) is 12.3. The van der Waals surface area contributed by atoms with Crippen molar-refractivity contribution in [3.8, 4) is 0 Å². The van der Waals surface area contributed by atoms with Crippen LogP contribution in [0.1, 0.15) is 19.4 Å². The Labute approximate surface area is 90.6 Å². The predicted octanol–water partition coefficient (Wildman–Crippen LogP) is 3.18. The summed E-state index contributed by atoms with van der Waals surface area (Å²) < 4.78 is 0. The van der Waals surface area contributed by atoms with E-state index >= 15 is 0 Å². The van der Waals surface area contributed by atoms with E-state index < -0.39 is 0 Å². The SMILES string of the molecule is CC(C)=CC(N)Cc1cccc(Cl)c1. The fraction of sp³-hybridized carbons (Fsp3) is 0.333. The molecule has 0 aliphatic rings. The summed E-state index contributed by atoms with van der Waals surface area (Å²) in [5, 5.41) is 0.770. The Morgan fingerprint density at radius 2 is 2.21 bits per heavy atom. The molecule has 1 rings (SSSR count). The van der Waals surface area contributed by atoms with Gasteiger partial charge in [-0.2, -0.15) is 0 Å². The van der Waals surface area contributed by atoms with Crippen LogP contribution in [0.5, 0.6) is 0 Å². The number of rotatable bonds is 3. The lowest BCUT2D eigenvalue weighted by Crippen LogP contribution is -2.20. The van der Waals surface area contributed by atoms with E-state index in [4.69, 9.17) is 17.3 Å². The molecule has 1 aromatic rings. The molecule has 0 spiro atoms. The second-order valence-electron chi connectivity index (χ2n) is 3.74. The summed E-state index contributed by atoms with van der Waals surface area (Å²) in [5.41, 5.74) is 8.37. The average molecular weight is 210 g/mol. The standard InChI is InChI=1S/C12H16ClN/c1-9(2)6-12(14)8-10-4-3-5-11(13)7-10/h3-7,12H,8,14H2,1-2H3. The van der Waals surface area contributed by atoms with E-state index in [-0.39, 0.29) is 6.04 Å². The molecule has 1 aromatic carbocycles. The van der Waals surface area contributed by atoms with Crippen molar-refractivity contribution in [2.75, 3.05) is 0 Å². The van der Waals surface area contributed by atoms with Crippen molar-refractivity contribution in [1.29, 1.82) is 0 Å². The smallest absolute Gasteiger partial charge is 0.0408 e. The fourth-order valence-electron chi connectivity index (χ4n) is 1.42. The molecule has 0 aliphatic heterocycles. The Morgan fingerprint density at radius 1 is 1.50 bits per heavy atom. The van der Waals surface area contributed by atoms with Crippen LogP contribution in [0.15, 0.2) is 35.9 Å². The molecule has 14 heavy (non-hydrogen) atoms. The first-order valence-electron chi connectivity index (χ1n) is 4.73. The summed E-state index contributed by atoms with van der Waals surface area (Å²) in [6.07, 6.45) is 2.91. The minimum atomic E-state index is 0.0819. The monoisotopic (exact) mass is 209 g/mol. The highest BCUT2D eigenvalue weighted by Gasteiger charge is 2.00. The molecular weight excluding hydrogens is 194 g/mol. The van der Waals surface area contributed by atoms with E-state index in [1.165, 1.54) is 11.1 Å². The van der Waals surface area contributed by atoms with Crippen molar-refractivity contribution >= 4 is 11.6 Å². The number of nitrogens with two attached hydrogens (primary N) is 1. The fourth-order valence-corrected chi connectivity index (χ4v) is 1.64. The quantitative estimate of drug-likeness (QED) is 0.761. The predicted molar refractivity (Wildman–Crippen MR) is 62.6 cm³/mol. The second-order valence-corrected chi connectivity index (χ2v) is 4.18. The molecule has 1 unspecified atom stereocenters. The number of halogens is 1. The van der Waals surface area contributed by atoms with E-state index in [1.54, 1.807) is 0 Å². The first kappa shape index (κ1) is 11.3. The van der Waals surface area contributed by atoms with Gasteiger partial charge in [-0.05, 0) is 38.0 Å². The Kier molecular flexibility index (Phi) is 4.18. The van der Waals surface area contributed by atoms with Gasteiger partial charge in [0.25, 0.3) is 0 Å². The van der Waals surface area contributed by atoms with Gasteiger partial charge in [-0.25, -0.2) is 0 Å². The van der Waals surface area contributed by atoms with E-state index in [0.29, 0.717) is 0 Å². The topological polar surface area (TPSA) is 26.0 Å². The number of benzene rings is 1. The number of allylic oxidation sites excluding steroid dienone is 1. The Morgan fingerprint density at radius 3 is 2.79 bits per heavy atom. The zero-order chi connectivity index (χ0) is 10.6. The molecule has 0 radical (unpaired) electrons. The molecule has 0 saturated carbocycles. The Bertz CT molecular complexity index is 327. The van der Waals surface area contributed by atoms with E-state index in [9.17, 15) is 0 Å². The van der Waals surface area contributed by atoms with Crippen molar-refractivity contribution in [2.45, 2.75) is 26.3 Å². The molecule has 0 aliphatic carbocycles. The van der Waals surface area contributed by atoms with Gasteiger partial charge in [0.15, 0.2) is 0 Å². The van der Waals surface area contributed by atoms with Crippen LogP contribution in [0.25, 0.3) is 0 Å². The summed E-state index contributed by atoms with van der Waals surface area (Å²) in [4.78, 5) is 0. The lowest BCUT2D eigenvalue weighted by molar-refractivity contribution is 0.803. The first-order chi connectivity index (χ1) is 6.58. The summed E-state index contributed by atoms with van der Waals surface area (Å²) in [7, 11) is 0. The minimum absolute atomic E-state index is 0.0819. The van der Waals surface area contributed by atoms with Gasteiger partial charge in [0, 0.05) is 11.1 Å². The van der Waals surface area contributed by atoms with Gasteiger partial charge in [0.05, 0.1) is 0 Å². The molecular formula is C12H16ClN. The van der Waals surface area contributed by atoms with Crippen molar-refractivity contribution < 1.29 is 0 Å². The van der Waals surface area contributed by atoms with Crippen LogP contribution >= 0.6 is 11.6 Å². The number of hydrogen-bond acceptors (Lipinski definition) is 1. The van der Waals surface area contributed by atoms with Crippen molar-refractivity contribution in [2.24, 2.45) is 5.73 Å². The van der Waals surface area contributed by atoms with Gasteiger partial charge in [0.2, 0.25) is 0 Å². The van der Waals surface area contributed by atoms with E-state index in [2.05, 4.69) is 19.9 Å². The highest BCUT2D eigenvalue weighted by molar-refractivity contribution is 6.30. The third-order valence-corrected chi connectivity index (χ3v) is 2.14. The number of hydrogen-bond donors (Lipinski definition) is 1. The molecule has 0 aromatic heterocycles. The van der Waals surface area contributed by atoms with Gasteiger partial charge in [0.1, 0.15) is 0 Å². The maximum atomic E-state index is 5.94. The molecule has 2 heteroatoms. The van der Waals surface area contributed by atoms with Crippen LogP contribution in [0.4, 0.5) is 0 Å². The van der Waals surface area contributed by atoms with Gasteiger partial charge in [-0.3, -0.25) is 0 Å². The van der Waals surface area contributed by atoms with Crippen molar-refractivity contribution in [3.05, 3.63) is 46.5 Å². The van der Waals surface area contributed by atoms with E-state index in [0.717, 1.165) is 11.4 Å². The van der Waals surface area contributed by atoms with Crippen LogP contribution in [-0.4, -0.2) is 6.04 Å². The largest absolute Gasteiger partial charge is 0.324 e. The first-order valence-corrected chi connectivity index (χ1v) is 5.11. The van der Waals surface area contributed by atoms with Crippen LogP contribution in [0, 0.1) is 0 Å². The zero-order valence-electron chi connectivity index (χ0n) is 8.63. The van der Waals surface area contributed by atoms with Crippen LogP contribution in [0.3, 0.4) is 0 Å². The van der Waals surface area contributed by atoms with Gasteiger partial charge in [-0.15, -0.1) is 0 Å². The lowest BCUT2D eigenvalue weighted by Gasteiger charge is -2.07. The summed E-state index contributed by atoms with van der Waals surface area (Å²) in [6.45, 7) is 4.11. The van der Waals surface area contributed by atoms with Crippen molar-refractivity contribution in [3.63, 3.8) is 0 Å². The summed E-state index contributed by atoms with van der Waals surface area (Å²) >= 11 is 5.88. The highest BCUT2D eigenvalue weighted by atomic mass is 35.5. The van der Waals surface area contributed by atoms with Gasteiger partial charge < -0.3 is 5.73 Å². The molecule has 1 nitrogen and oxygen atoms in total. The van der Waals surface area contributed by atoms with Gasteiger partial charge >= 0.3 is 0 Å². The summed E-state index contributed by atoms with van der Waals surface area (Å²) in [6, 6.07) is 7.91. The molecule has 76 valence electrons. The third-order valence-electron chi connectivity index (χ3n) is 1.91. The molecule has 0 heterocycles. The Hall–Kier alpha value is -0.790. The van der Waals surface area contributed by atoms with Gasteiger partial charge in [-0.1, -0.05) is 35.4 Å². The third kappa shape index (κ3) is 3.95. The molecule has 0 saturated heterocycles. The second kappa shape index (κ2) is 5.18. The summed E-state index contributed by atoms with van der Waals surface area (Å²) in [5.74, 6) is 0. The maximum absolute atomic E-state index is 5.94. The zero-order valence-corrected chi connectivity index (χ0v) is 9.38. The lowest BCUT2D eigenvalue weighted by atomic mass is 10.1. The minimum Gasteiger partial charge on any atom is -0.324 e. The highest BCUT2D eigenvalue weighted by Crippen LogP contribution is 2.12. The molecule has 0 bridgehead atoms. The van der Waals surface area contributed by atoms with Crippen molar-refractivity contribution in [1.82, 2.24) is 0 Å². The average Bonchev–Trinajstić information content (AvgIpc) is 2.01. The van der Waals surface area contributed by atoms with E-state index in [1.807, 2.05) is 24.3 Å². The Balaban J connectivity index is 2.65. The molecule has 0 fully saturated rings. The van der Waals surface area contributed by atoms with Crippen LogP contribution in [-0.2, 0) is 6.42 Å². The molecule has 1 atom stereocenters. The maximum Gasteiger partial charge on any atom is 0.0408 e. The van der Waals surface area contributed by atoms with Crippen LogP contribution in [0.2, 0.25) is 5.02 Å². The molecule has 2 N–H and O–H groups in total. The molecule has 0 amide bonds. The van der Waals surface area contributed by atoms with Crippen LogP contribution < -0.4 is 5.73 Å².